The zero-order valence-corrected chi connectivity index (χ0v) is 6.67. The molecule has 1 unspecified atom stereocenters. The fourth-order valence-corrected chi connectivity index (χ4v) is 1.65. The molecule has 1 amide bonds. The van der Waals surface area contributed by atoms with Crippen LogP contribution in [0.15, 0.2) is 4.99 Å². The van der Waals surface area contributed by atoms with Gasteiger partial charge in [0, 0.05) is 6.54 Å². The van der Waals surface area contributed by atoms with Crippen LogP contribution in [0.1, 0.15) is 19.3 Å². The third-order valence-corrected chi connectivity index (χ3v) is 2.25. The number of amidine groups is 1. The van der Waals surface area contributed by atoms with Gasteiger partial charge in [0.25, 0.3) is 0 Å². The van der Waals surface area contributed by atoms with E-state index >= 15 is 0 Å². The minimum Gasteiger partial charge on any atom is -0.314 e. The van der Waals surface area contributed by atoms with Crippen LogP contribution in [0.3, 0.4) is 0 Å². The smallest absolute Gasteiger partial charge is 0.232 e. The minimum atomic E-state index is -0.211. The molecule has 0 saturated carbocycles. The van der Waals surface area contributed by atoms with Crippen LogP contribution in [0.2, 0.25) is 0 Å². The molecule has 0 aromatic heterocycles. The molecule has 0 aliphatic carbocycles. The van der Waals surface area contributed by atoms with Crippen molar-refractivity contribution in [3.63, 3.8) is 0 Å². The van der Waals surface area contributed by atoms with Gasteiger partial charge in [0.2, 0.25) is 5.91 Å². The van der Waals surface area contributed by atoms with Gasteiger partial charge in [-0.2, -0.15) is 0 Å². The van der Waals surface area contributed by atoms with Crippen LogP contribution in [0.5, 0.6) is 0 Å². The molecule has 4 nitrogen and oxygen atoms in total. The van der Waals surface area contributed by atoms with Gasteiger partial charge >= 0.3 is 0 Å². The lowest BCUT2D eigenvalue weighted by molar-refractivity contribution is -0.130. The molecular formula is C8H10N2O2. The minimum absolute atomic E-state index is 0.0252. The van der Waals surface area contributed by atoms with Crippen molar-refractivity contribution in [2.24, 2.45) is 10.9 Å². The molecule has 64 valence electrons. The predicted octanol–water partition coefficient (Wildman–Crippen LogP) is -0.116. The molecule has 2 aliphatic heterocycles. The summed E-state index contributed by atoms with van der Waals surface area (Å²) in [7, 11) is 0. The average molecular weight is 166 g/mol. The van der Waals surface area contributed by atoms with Crippen molar-refractivity contribution in [2.45, 2.75) is 19.3 Å². The van der Waals surface area contributed by atoms with Crippen molar-refractivity contribution in [3.05, 3.63) is 0 Å². The normalized spacial score (nSPS) is 29.0. The summed E-state index contributed by atoms with van der Waals surface area (Å²) in [6.45, 7) is 0.736. The lowest BCUT2D eigenvalue weighted by Crippen LogP contribution is -2.47. The molecule has 0 spiro atoms. The molecule has 12 heavy (non-hydrogen) atoms. The van der Waals surface area contributed by atoms with Crippen LogP contribution in [0.25, 0.3) is 0 Å². The summed E-state index contributed by atoms with van der Waals surface area (Å²) >= 11 is 0. The number of piperidine rings is 1. The molecule has 4 heteroatoms. The largest absolute Gasteiger partial charge is 0.314 e. The number of nitrogens with one attached hydrogen (secondary N) is 1. The average Bonchev–Trinajstić information content (AvgIpc) is 2.04. The Balaban J connectivity index is 2.25. The first kappa shape index (κ1) is 7.46. The highest BCUT2D eigenvalue weighted by atomic mass is 16.2. The number of amides is 1. The molecule has 0 radical (unpaired) electrons. The van der Waals surface area contributed by atoms with Gasteiger partial charge in [-0.25, -0.2) is 0 Å². The van der Waals surface area contributed by atoms with E-state index in [0.717, 1.165) is 19.4 Å². The second-order valence-electron chi connectivity index (χ2n) is 3.15. The summed E-state index contributed by atoms with van der Waals surface area (Å²) in [6.07, 6.45) is 1.83. The Morgan fingerprint density at radius 1 is 1.42 bits per heavy atom. The number of aliphatic imine (C=N–C) groups is 1. The molecule has 1 N–H and O–H groups in total. The number of carbonyl (C=O) groups is 2. The van der Waals surface area contributed by atoms with Gasteiger partial charge in [-0.1, -0.05) is 0 Å². The summed E-state index contributed by atoms with van der Waals surface area (Å²) < 4.78 is 0. The standard InChI is InChI=1S/C8H10N2O2/c11-6-4-7(12)10-8-5(6)2-1-3-9-8/h5H,1-4H2,(H,9,10,12). The Labute approximate surface area is 70.1 Å². The predicted molar refractivity (Wildman–Crippen MR) is 42.8 cm³/mol. The molecule has 1 fully saturated rings. The summed E-state index contributed by atoms with van der Waals surface area (Å²) in [5.41, 5.74) is 0. The van der Waals surface area contributed by atoms with E-state index in [2.05, 4.69) is 10.3 Å². The lowest BCUT2D eigenvalue weighted by Gasteiger charge is -2.26. The Kier molecular flexibility index (Phi) is 1.67. The highest BCUT2D eigenvalue weighted by molar-refractivity contribution is 6.20. The van der Waals surface area contributed by atoms with E-state index in [9.17, 15) is 9.59 Å². The first-order valence-electron chi connectivity index (χ1n) is 4.14. The van der Waals surface area contributed by atoms with Crippen molar-refractivity contribution in [1.29, 1.82) is 0 Å². The molecular weight excluding hydrogens is 156 g/mol. The van der Waals surface area contributed by atoms with E-state index in [-0.39, 0.29) is 24.0 Å². The zero-order chi connectivity index (χ0) is 8.55. The highest BCUT2D eigenvalue weighted by Crippen LogP contribution is 2.19. The molecule has 0 aromatic rings. The third-order valence-electron chi connectivity index (χ3n) is 2.25. The van der Waals surface area contributed by atoms with Crippen LogP contribution in [-0.2, 0) is 9.59 Å². The van der Waals surface area contributed by atoms with Crippen LogP contribution < -0.4 is 5.32 Å². The Bertz CT molecular complexity index is 270. The van der Waals surface area contributed by atoms with Crippen molar-refractivity contribution < 1.29 is 9.59 Å². The fourth-order valence-electron chi connectivity index (χ4n) is 1.65. The molecule has 2 rings (SSSR count). The van der Waals surface area contributed by atoms with Gasteiger partial charge in [0.1, 0.15) is 5.84 Å². The van der Waals surface area contributed by atoms with Gasteiger partial charge in [-0.3, -0.25) is 14.6 Å². The second kappa shape index (κ2) is 2.69. The number of hydrogen-bond acceptors (Lipinski definition) is 3. The fraction of sp³-hybridized carbons (Fsp3) is 0.625. The van der Waals surface area contributed by atoms with Crippen molar-refractivity contribution in [3.8, 4) is 0 Å². The number of carbonyl (C=O) groups excluding carboxylic acids is 2. The first-order chi connectivity index (χ1) is 5.77. The summed E-state index contributed by atoms with van der Waals surface area (Å²) in [6, 6.07) is 0. The Morgan fingerprint density at radius 3 is 3.08 bits per heavy atom. The van der Waals surface area contributed by atoms with Gasteiger partial charge in [0.15, 0.2) is 5.78 Å². The number of hydrogen-bond donors (Lipinski definition) is 1. The molecule has 2 heterocycles. The van der Waals surface area contributed by atoms with Crippen molar-refractivity contribution in [2.75, 3.05) is 6.54 Å². The SMILES string of the molecule is O=C1CC(=O)C2CCCN=C2N1. The van der Waals surface area contributed by atoms with Crippen LogP contribution in [0, 0.1) is 5.92 Å². The van der Waals surface area contributed by atoms with E-state index in [4.69, 9.17) is 0 Å². The van der Waals surface area contributed by atoms with E-state index < -0.39 is 0 Å². The maximum Gasteiger partial charge on any atom is 0.232 e. The van der Waals surface area contributed by atoms with Crippen LogP contribution in [-0.4, -0.2) is 24.1 Å². The number of rotatable bonds is 0. The van der Waals surface area contributed by atoms with Gasteiger partial charge in [-0.05, 0) is 12.8 Å². The van der Waals surface area contributed by atoms with E-state index in [0.29, 0.717) is 5.84 Å². The molecule has 2 aliphatic rings. The van der Waals surface area contributed by atoms with Crippen LogP contribution in [0.4, 0.5) is 0 Å². The van der Waals surface area contributed by atoms with Gasteiger partial charge in [-0.15, -0.1) is 0 Å². The maximum absolute atomic E-state index is 11.3. The quantitative estimate of drug-likeness (QED) is 0.510. The van der Waals surface area contributed by atoms with Gasteiger partial charge in [0.05, 0.1) is 12.3 Å². The Morgan fingerprint density at radius 2 is 2.25 bits per heavy atom. The molecule has 1 atom stereocenters. The maximum atomic E-state index is 11.3. The third kappa shape index (κ3) is 1.13. The summed E-state index contributed by atoms with van der Waals surface area (Å²) in [5.74, 6) is 0.299. The number of nitrogens with zero attached hydrogens (tertiary/aromatic N) is 1. The van der Waals surface area contributed by atoms with Gasteiger partial charge < -0.3 is 5.32 Å². The number of fused-ring (bicyclic) bond motifs is 1. The van der Waals surface area contributed by atoms with Crippen LogP contribution >= 0.6 is 0 Å². The lowest BCUT2D eigenvalue weighted by atomic mass is 9.90. The van der Waals surface area contributed by atoms with Crippen molar-refractivity contribution >= 4 is 17.5 Å². The summed E-state index contributed by atoms with van der Waals surface area (Å²) in [5, 5.41) is 2.64. The van der Waals surface area contributed by atoms with Crippen molar-refractivity contribution in [1.82, 2.24) is 5.32 Å². The van der Waals surface area contributed by atoms with E-state index in [1.165, 1.54) is 0 Å². The first-order valence-corrected chi connectivity index (χ1v) is 4.14. The Hall–Kier alpha value is -1.19. The molecule has 0 aromatic carbocycles. The summed E-state index contributed by atoms with van der Waals surface area (Å²) in [4.78, 5) is 26.3. The zero-order valence-electron chi connectivity index (χ0n) is 6.67. The molecule has 1 saturated heterocycles. The number of ketones is 1. The number of Topliss-reactive ketones (excluding diaryl/α,β-unsaturated/α-hetero) is 1. The molecule has 0 bridgehead atoms. The topological polar surface area (TPSA) is 58.5 Å². The monoisotopic (exact) mass is 166 g/mol. The van der Waals surface area contributed by atoms with E-state index in [1.54, 1.807) is 0 Å². The van der Waals surface area contributed by atoms with E-state index in [1.807, 2.05) is 0 Å². The second-order valence-corrected chi connectivity index (χ2v) is 3.15. The highest BCUT2D eigenvalue weighted by Gasteiger charge is 2.33.